The van der Waals surface area contributed by atoms with Crippen molar-refractivity contribution in [3.63, 3.8) is 0 Å². The highest BCUT2D eigenvalue weighted by molar-refractivity contribution is 14.1. The molecule has 0 saturated carbocycles. The number of carbonyl (C=O) groups is 1. The zero-order valence-electron chi connectivity index (χ0n) is 21.3. The van der Waals surface area contributed by atoms with Crippen molar-refractivity contribution >= 4 is 67.6 Å². The Morgan fingerprint density at radius 3 is 2.63 bits per heavy atom. The predicted molar refractivity (Wildman–Crippen MR) is 164 cm³/mol. The van der Waals surface area contributed by atoms with Crippen LogP contribution in [0.25, 0.3) is 10.8 Å². The van der Waals surface area contributed by atoms with E-state index in [1.165, 1.54) is 40.5 Å². The number of ether oxygens (including phenoxy) is 1. The number of nitrogens with one attached hydrogen (secondary N) is 2. The molecule has 41 heavy (non-hydrogen) atoms. The summed E-state index contributed by atoms with van der Waals surface area (Å²) in [6.45, 7) is 0.443. The number of amides is 1. The number of hydrazone groups is 1. The molecule has 2 N–H and O–H groups in total. The van der Waals surface area contributed by atoms with Crippen molar-refractivity contribution in [3.05, 3.63) is 116 Å². The number of fused-ring (bicyclic) bond motifs is 1. The SMILES string of the molecule is O=C(Cc1csc(Nc2cccc(C(F)(F)F)c2)n1)N/N=C\c1ccc(OCc2ccc3ccccc3c2)c(I)c1. The Hall–Kier alpha value is -3.97. The first-order valence-electron chi connectivity index (χ1n) is 12.3. The Kier molecular flexibility index (Phi) is 8.84. The first-order valence-corrected chi connectivity index (χ1v) is 14.3. The number of anilines is 2. The van der Waals surface area contributed by atoms with Gasteiger partial charge in [-0.3, -0.25) is 4.79 Å². The van der Waals surface area contributed by atoms with Crippen molar-refractivity contribution in [1.29, 1.82) is 0 Å². The van der Waals surface area contributed by atoms with Crippen LogP contribution in [-0.2, 0) is 24.0 Å². The van der Waals surface area contributed by atoms with Crippen LogP contribution in [0.3, 0.4) is 0 Å². The van der Waals surface area contributed by atoms with Crippen molar-refractivity contribution < 1.29 is 22.7 Å². The Bertz CT molecular complexity index is 1720. The molecule has 0 bridgehead atoms. The van der Waals surface area contributed by atoms with E-state index in [0.29, 0.717) is 17.4 Å². The highest BCUT2D eigenvalue weighted by Gasteiger charge is 2.30. The van der Waals surface area contributed by atoms with Crippen LogP contribution in [0.15, 0.2) is 95.4 Å². The highest BCUT2D eigenvalue weighted by Crippen LogP contribution is 2.32. The highest BCUT2D eigenvalue weighted by atomic mass is 127. The van der Waals surface area contributed by atoms with E-state index in [9.17, 15) is 18.0 Å². The lowest BCUT2D eigenvalue weighted by Gasteiger charge is -2.10. The summed E-state index contributed by atoms with van der Waals surface area (Å²) in [5, 5.41) is 11.3. The lowest BCUT2D eigenvalue weighted by atomic mass is 10.1. The van der Waals surface area contributed by atoms with Crippen LogP contribution < -0.4 is 15.5 Å². The third-order valence-electron chi connectivity index (χ3n) is 5.90. The fraction of sp³-hybridized carbons (Fsp3) is 0.100. The summed E-state index contributed by atoms with van der Waals surface area (Å²) in [6.07, 6.45) is -2.93. The van der Waals surface area contributed by atoms with Gasteiger partial charge in [-0.25, -0.2) is 10.4 Å². The van der Waals surface area contributed by atoms with Crippen molar-refractivity contribution in [2.75, 3.05) is 5.32 Å². The minimum atomic E-state index is -4.43. The minimum Gasteiger partial charge on any atom is -0.488 e. The maximum Gasteiger partial charge on any atom is 0.416 e. The summed E-state index contributed by atoms with van der Waals surface area (Å²) in [5.41, 5.74) is 4.31. The van der Waals surface area contributed by atoms with E-state index in [4.69, 9.17) is 4.74 Å². The van der Waals surface area contributed by atoms with Crippen LogP contribution in [0, 0.1) is 3.57 Å². The van der Waals surface area contributed by atoms with E-state index in [1.54, 1.807) is 5.38 Å². The number of alkyl halides is 3. The average Bonchev–Trinajstić information content (AvgIpc) is 3.38. The fourth-order valence-corrected chi connectivity index (χ4v) is 5.35. The molecule has 0 aliphatic carbocycles. The molecule has 0 atom stereocenters. The average molecular weight is 686 g/mol. The van der Waals surface area contributed by atoms with E-state index in [-0.39, 0.29) is 18.0 Å². The molecule has 208 valence electrons. The van der Waals surface area contributed by atoms with Gasteiger partial charge in [0.1, 0.15) is 12.4 Å². The van der Waals surface area contributed by atoms with Gasteiger partial charge in [0.15, 0.2) is 5.13 Å². The summed E-state index contributed by atoms with van der Waals surface area (Å²) in [5.74, 6) is 0.375. The molecule has 0 aliphatic heterocycles. The van der Waals surface area contributed by atoms with E-state index in [2.05, 4.69) is 73.8 Å². The molecule has 6 nitrogen and oxygen atoms in total. The normalized spacial score (nSPS) is 11.6. The van der Waals surface area contributed by atoms with Crippen LogP contribution in [0.1, 0.15) is 22.4 Å². The zero-order chi connectivity index (χ0) is 28.8. The van der Waals surface area contributed by atoms with Gasteiger partial charge < -0.3 is 10.1 Å². The van der Waals surface area contributed by atoms with Gasteiger partial charge >= 0.3 is 6.18 Å². The van der Waals surface area contributed by atoms with Crippen LogP contribution in [-0.4, -0.2) is 17.1 Å². The summed E-state index contributed by atoms with van der Waals surface area (Å²) in [4.78, 5) is 16.6. The first kappa shape index (κ1) is 28.6. The Balaban J connectivity index is 1.11. The minimum absolute atomic E-state index is 0.0306. The van der Waals surface area contributed by atoms with Crippen molar-refractivity contribution in [2.45, 2.75) is 19.2 Å². The molecular weight excluding hydrogens is 664 g/mol. The molecule has 1 aromatic heterocycles. The van der Waals surface area contributed by atoms with Crippen LogP contribution >= 0.6 is 33.9 Å². The Morgan fingerprint density at radius 1 is 1.00 bits per heavy atom. The van der Waals surface area contributed by atoms with E-state index >= 15 is 0 Å². The molecule has 1 amide bonds. The Morgan fingerprint density at radius 2 is 1.83 bits per heavy atom. The Labute approximate surface area is 251 Å². The second-order valence-corrected chi connectivity index (χ2v) is 11.0. The molecular formula is C30H22F3IN4O2S. The molecule has 5 rings (SSSR count). The standard InChI is InChI=1S/C30H22F3IN4O2S/c31-30(32,33)23-6-3-7-24(14-23)36-29-37-25(18-41-29)15-28(39)38-35-16-19-9-11-27(26(34)13-19)40-17-20-8-10-21-4-1-2-5-22(21)12-20/h1-14,16,18H,15,17H2,(H,36,37)(H,38,39)/b35-16-. The lowest BCUT2D eigenvalue weighted by Crippen LogP contribution is -2.19. The number of carbonyl (C=O) groups excluding carboxylic acids is 1. The summed E-state index contributed by atoms with van der Waals surface area (Å²) < 4.78 is 45.7. The van der Waals surface area contributed by atoms with Gasteiger partial charge in [0, 0.05) is 11.1 Å². The fourth-order valence-electron chi connectivity index (χ4n) is 3.93. The molecule has 4 aromatic carbocycles. The molecule has 5 aromatic rings. The number of rotatable bonds is 9. The van der Waals surface area contributed by atoms with Crippen LogP contribution in [0.5, 0.6) is 5.75 Å². The molecule has 0 fully saturated rings. The molecule has 11 heteroatoms. The molecule has 0 saturated heterocycles. The summed E-state index contributed by atoms with van der Waals surface area (Å²) in [6, 6.07) is 24.9. The maximum absolute atomic E-state index is 12.9. The number of nitrogens with zero attached hydrogens (tertiary/aromatic N) is 2. The molecule has 0 spiro atoms. The van der Waals surface area contributed by atoms with Gasteiger partial charge in [-0.1, -0.05) is 42.5 Å². The van der Waals surface area contributed by atoms with Gasteiger partial charge in [0.2, 0.25) is 5.91 Å². The quantitative estimate of drug-likeness (QED) is 0.0939. The van der Waals surface area contributed by atoms with Gasteiger partial charge in [-0.05, 0) is 87.0 Å². The number of hydrogen-bond donors (Lipinski definition) is 2. The van der Waals surface area contributed by atoms with E-state index < -0.39 is 11.7 Å². The topological polar surface area (TPSA) is 75.6 Å². The molecule has 0 unspecified atom stereocenters. The van der Waals surface area contributed by atoms with E-state index in [1.807, 2.05) is 30.3 Å². The van der Waals surface area contributed by atoms with Gasteiger partial charge in [-0.2, -0.15) is 18.3 Å². The molecule has 0 aliphatic rings. The second kappa shape index (κ2) is 12.7. The van der Waals surface area contributed by atoms with Gasteiger partial charge in [0.05, 0.1) is 27.5 Å². The summed E-state index contributed by atoms with van der Waals surface area (Å²) >= 11 is 3.39. The second-order valence-electron chi connectivity index (χ2n) is 8.98. The largest absolute Gasteiger partial charge is 0.488 e. The number of benzene rings is 4. The van der Waals surface area contributed by atoms with Crippen LogP contribution in [0.2, 0.25) is 0 Å². The number of hydrogen-bond acceptors (Lipinski definition) is 6. The van der Waals surface area contributed by atoms with E-state index in [0.717, 1.165) is 32.6 Å². The van der Waals surface area contributed by atoms with Crippen LogP contribution in [0.4, 0.5) is 24.0 Å². The molecule has 0 radical (unpaired) electrons. The number of aromatic nitrogens is 1. The zero-order valence-corrected chi connectivity index (χ0v) is 24.3. The number of halogens is 4. The predicted octanol–water partition coefficient (Wildman–Crippen LogP) is 7.94. The number of thiazole rings is 1. The lowest BCUT2D eigenvalue weighted by molar-refractivity contribution is -0.137. The maximum atomic E-state index is 12.9. The third kappa shape index (κ3) is 7.82. The smallest absolute Gasteiger partial charge is 0.416 e. The monoisotopic (exact) mass is 686 g/mol. The first-order chi connectivity index (χ1) is 19.7. The van der Waals surface area contributed by atoms with Gasteiger partial charge in [0.25, 0.3) is 0 Å². The summed E-state index contributed by atoms with van der Waals surface area (Å²) in [7, 11) is 0. The third-order valence-corrected chi connectivity index (χ3v) is 7.55. The van der Waals surface area contributed by atoms with Crippen molar-refractivity contribution in [3.8, 4) is 5.75 Å². The van der Waals surface area contributed by atoms with Gasteiger partial charge in [-0.15, -0.1) is 11.3 Å². The molecule has 1 heterocycles. The van der Waals surface area contributed by atoms with Crippen molar-refractivity contribution in [1.82, 2.24) is 10.4 Å². The van der Waals surface area contributed by atoms with Crippen molar-refractivity contribution in [2.24, 2.45) is 5.10 Å².